The first kappa shape index (κ1) is 15.5. The van der Waals surface area contributed by atoms with Crippen LogP contribution in [0.15, 0.2) is 5.16 Å². The highest BCUT2D eigenvalue weighted by Gasteiger charge is 2.39. The summed E-state index contributed by atoms with van der Waals surface area (Å²) in [7, 11) is 0. The molecule has 0 bridgehead atoms. The zero-order valence-electron chi connectivity index (χ0n) is 12.1. The fourth-order valence-electron chi connectivity index (χ4n) is 3.22. The number of carbonyl (C=O) groups is 1. The zero-order chi connectivity index (χ0) is 14.6. The van der Waals surface area contributed by atoms with Crippen LogP contribution < -0.4 is 11.1 Å². The monoisotopic (exact) mass is 299 g/mol. The van der Waals surface area contributed by atoms with E-state index >= 15 is 0 Å². The Hall–Kier alpha value is -0.910. The summed E-state index contributed by atoms with van der Waals surface area (Å²) >= 11 is 1.71. The van der Waals surface area contributed by atoms with Crippen LogP contribution in [0.4, 0.5) is 0 Å². The van der Waals surface area contributed by atoms with E-state index in [1.165, 1.54) is 6.42 Å². The van der Waals surface area contributed by atoms with Gasteiger partial charge in [-0.05, 0) is 44.3 Å². The van der Waals surface area contributed by atoms with Gasteiger partial charge in [0.05, 0.1) is 10.8 Å². The number of thioether (sulfide) groups is 1. The van der Waals surface area contributed by atoms with E-state index in [2.05, 4.69) is 10.5 Å². The number of amides is 1. The number of hydrogen-bond acceptors (Lipinski definition) is 4. The van der Waals surface area contributed by atoms with Crippen LogP contribution in [0.3, 0.4) is 0 Å². The van der Waals surface area contributed by atoms with E-state index in [1.54, 1.807) is 11.8 Å². The summed E-state index contributed by atoms with van der Waals surface area (Å²) < 4.78 is -0.358. The summed E-state index contributed by atoms with van der Waals surface area (Å²) in [5.41, 5.74) is 5.82. The third-order valence-corrected chi connectivity index (χ3v) is 6.06. The Morgan fingerprint density at radius 1 is 1.40 bits per heavy atom. The maximum absolute atomic E-state index is 12.5. The summed E-state index contributed by atoms with van der Waals surface area (Å²) in [6, 6.07) is -0.328. The van der Waals surface area contributed by atoms with E-state index in [0.717, 1.165) is 44.3 Å². The lowest BCUT2D eigenvalue weighted by Gasteiger charge is -2.32. The fourth-order valence-corrected chi connectivity index (χ4v) is 4.43. The normalized spacial score (nSPS) is 30.1. The first-order valence-corrected chi connectivity index (χ1v) is 8.48. The van der Waals surface area contributed by atoms with Gasteiger partial charge in [-0.25, -0.2) is 0 Å². The molecule has 1 aliphatic heterocycles. The molecule has 1 saturated heterocycles. The van der Waals surface area contributed by atoms with Crippen molar-refractivity contribution < 1.29 is 10.0 Å². The molecule has 0 spiro atoms. The van der Waals surface area contributed by atoms with E-state index in [0.29, 0.717) is 5.92 Å². The lowest BCUT2D eigenvalue weighted by Crippen LogP contribution is -2.54. The van der Waals surface area contributed by atoms with Crippen molar-refractivity contribution in [3.8, 4) is 0 Å². The van der Waals surface area contributed by atoms with E-state index in [9.17, 15) is 4.79 Å². The summed E-state index contributed by atoms with van der Waals surface area (Å²) in [5.74, 6) is 1.49. The van der Waals surface area contributed by atoms with E-state index in [4.69, 9.17) is 10.9 Å². The van der Waals surface area contributed by atoms with Gasteiger partial charge >= 0.3 is 0 Å². The van der Waals surface area contributed by atoms with Crippen LogP contribution >= 0.6 is 11.8 Å². The highest BCUT2D eigenvalue weighted by atomic mass is 32.2. The Labute approximate surface area is 124 Å². The minimum Gasteiger partial charge on any atom is -0.409 e. The maximum atomic E-state index is 12.5. The first-order chi connectivity index (χ1) is 9.57. The molecule has 0 aromatic heterocycles. The van der Waals surface area contributed by atoms with E-state index in [-0.39, 0.29) is 22.5 Å². The van der Waals surface area contributed by atoms with Gasteiger partial charge in [0, 0.05) is 0 Å². The van der Waals surface area contributed by atoms with E-state index in [1.807, 2.05) is 6.92 Å². The number of carbonyl (C=O) groups excluding carboxylic acids is 1. The molecule has 1 aliphatic carbocycles. The topological polar surface area (TPSA) is 87.7 Å². The van der Waals surface area contributed by atoms with Gasteiger partial charge in [0.1, 0.15) is 0 Å². The molecule has 2 atom stereocenters. The molecule has 1 saturated carbocycles. The van der Waals surface area contributed by atoms with Gasteiger partial charge in [-0.3, -0.25) is 4.79 Å². The van der Waals surface area contributed by atoms with E-state index < -0.39 is 0 Å². The molecule has 6 heteroatoms. The maximum Gasteiger partial charge on any atom is 0.236 e. The molecule has 2 unspecified atom stereocenters. The number of rotatable bonds is 4. The molecule has 2 fully saturated rings. The van der Waals surface area contributed by atoms with Crippen LogP contribution in [0.2, 0.25) is 0 Å². The molecule has 0 aromatic rings. The largest absolute Gasteiger partial charge is 0.409 e. The molecular formula is C14H25N3O2S. The van der Waals surface area contributed by atoms with Crippen LogP contribution in [-0.4, -0.2) is 33.5 Å². The van der Waals surface area contributed by atoms with Crippen molar-refractivity contribution in [2.24, 2.45) is 16.8 Å². The summed E-state index contributed by atoms with van der Waals surface area (Å²) in [6.45, 7) is 1.99. The number of nitrogens with two attached hydrogens (primary N) is 1. The van der Waals surface area contributed by atoms with Crippen molar-refractivity contribution in [2.75, 3.05) is 5.75 Å². The number of oxime groups is 1. The number of nitrogens with one attached hydrogen (secondary N) is 1. The number of amidine groups is 1. The molecule has 20 heavy (non-hydrogen) atoms. The minimum atomic E-state index is -0.358. The van der Waals surface area contributed by atoms with Gasteiger partial charge in [-0.2, -0.15) is 0 Å². The van der Waals surface area contributed by atoms with Crippen LogP contribution in [0, 0.1) is 5.92 Å². The highest BCUT2D eigenvalue weighted by Crippen LogP contribution is 2.38. The van der Waals surface area contributed by atoms with Crippen LogP contribution in [0.1, 0.15) is 51.9 Å². The average molecular weight is 299 g/mol. The van der Waals surface area contributed by atoms with Crippen molar-refractivity contribution in [1.29, 1.82) is 0 Å². The van der Waals surface area contributed by atoms with Gasteiger partial charge in [-0.1, -0.05) is 24.4 Å². The number of hydrogen-bond donors (Lipinski definition) is 3. The van der Waals surface area contributed by atoms with Crippen LogP contribution in [-0.2, 0) is 4.79 Å². The fraction of sp³-hybridized carbons (Fsp3) is 0.857. The van der Waals surface area contributed by atoms with Gasteiger partial charge in [0.15, 0.2) is 5.84 Å². The minimum absolute atomic E-state index is 0.0298. The van der Waals surface area contributed by atoms with Crippen molar-refractivity contribution in [3.63, 3.8) is 0 Å². The Morgan fingerprint density at radius 3 is 2.65 bits per heavy atom. The Kier molecular flexibility index (Phi) is 5.18. The summed E-state index contributed by atoms with van der Waals surface area (Å²) in [5, 5.41) is 15.2. The highest BCUT2D eigenvalue weighted by molar-refractivity contribution is 8.01. The smallest absolute Gasteiger partial charge is 0.236 e. The predicted octanol–water partition coefficient (Wildman–Crippen LogP) is 2.08. The third-order valence-electron chi connectivity index (χ3n) is 4.54. The second kappa shape index (κ2) is 6.70. The molecule has 1 heterocycles. The quantitative estimate of drug-likeness (QED) is 0.321. The predicted molar refractivity (Wildman–Crippen MR) is 82.0 cm³/mol. The van der Waals surface area contributed by atoms with Crippen LogP contribution in [0.25, 0.3) is 0 Å². The summed E-state index contributed by atoms with van der Waals surface area (Å²) in [6.07, 6.45) is 7.59. The van der Waals surface area contributed by atoms with Crippen LogP contribution in [0.5, 0.6) is 0 Å². The Morgan fingerprint density at radius 2 is 2.10 bits per heavy atom. The molecule has 2 rings (SSSR count). The second-order valence-electron chi connectivity index (χ2n) is 6.06. The molecule has 2 aliphatic rings. The van der Waals surface area contributed by atoms with Crippen molar-refractivity contribution in [2.45, 2.75) is 62.7 Å². The van der Waals surface area contributed by atoms with Crippen molar-refractivity contribution in [3.05, 3.63) is 0 Å². The molecule has 1 amide bonds. The van der Waals surface area contributed by atoms with Gasteiger partial charge < -0.3 is 16.3 Å². The van der Waals surface area contributed by atoms with Gasteiger partial charge in [0.25, 0.3) is 0 Å². The lowest BCUT2D eigenvalue weighted by molar-refractivity contribution is -0.123. The van der Waals surface area contributed by atoms with Crippen molar-refractivity contribution >= 4 is 23.5 Å². The molecule has 0 radical (unpaired) electrons. The molecule has 5 nitrogen and oxygen atoms in total. The zero-order valence-corrected chi connectivity index (χ0v) is 12.9. The Bertz CT molecular complexity index is 375. The molecule has 4 N–H and O–H groups in total. The standard InChI is InChI=1S/C14H25N3O2S/c1-14(8-5-9-20-14)13(18)16-11(12(15)17-19)10-6-3-2-4-7-10/h10-11,19H,2-9H2,1H3,(H2,15,17)(H,16,18). The molecule has 0 aromatic carbocycles. The Balaban J connectivity index is 2.05. The lowest BCUT2D eigenvalue weighted by atomic mass is 9.83. The number of nitrogens with zero attached hydrogens (tertiary/aromatic N) is 1. The SMILES string of the molecule is CC1(C(=O)NC(C(N)=NO)C2CCCCC2)CCCS1. The first-order valence-electron chi connectivity index (χ1n) is 7.49. The summed E-state index contributed by atoms with van der Waals surface area (Å²) in [4.78, 5) is 12.5. The third kappa shape index (κ3) is 3.40. The van der Waals surface area contributed by atoms with Gasteiger partial charge in [0.2, 0.25) is 5.91 Å². The average Bonchev–Trinajstić information content (AvgIpc) is 2.93. The van der Waals surface area contributed by atoms with Crippen molar-refractivity contribution in [1.82, 2.24) is 5.32 Å². The second-order valence-corrected chi connectivity index (χ2v) is 7.65. The van der Waals surface area contributed by atoms with Gasteiger partial charge in [-0.15, -0.1) is 11.8 Å². The molecular weight excluding hydrogens is 274 g/mol. The molecule has 114 valence electrons.